The molecule has 20 heavy (non-hydrogen) atoms. The van der Waals surface area contributed by atoms with Gasteiger partial charge in [-0.3, -0.25) is 4.79 Å². The van der Waals surface area contributed by atoms with Gasteiger partial charge in [-0.2, -0.15) is 0 Å². The predicted octanol–water partition coefficient (Wildman–Crippen LogP) is 4.15. The number of aromatic nitrogens is 1. The smallest absolute Gasteiger partial charge is 0.256 e. The van der Waals surface area contributed by atoms with Crippen molar-refractivity contribution in [2.75, 3.05) is 5.32 Å². The Morgan fingerprint density at radius 3 is 2.65 bits per heavy atom. The number of pyridine rings is 1. The van der Waals surface area contributed by atoms with Crippen LogP contribution in [0.2, 0.25) is 5.02 Å². The van der Waals surface area contributed by atoms with Crippen molar-refractivity contribution in [3.63, 3.8) is 0 Å². The highest BCUT2D eigenvalue weighted by atomic mass is 35.5. The maximum Gasteiger partial charge on any atom is 0.256 e. The van der Waals surface area contributed by atoms with Crippen molar-refractivity contribution >= 4 is 28.8 Å². The molecule has 2 heterocycles. The number of halogens is 1. The molecule has 3 rings (SSSR count). The van der Waals surface area contributed by atoms with Crippen LogP contribution < -0.4 is 5.32 Å². The van der Waals surface area contributed by atoms with Gasteiger partial charge in [0.25, 0.3) is 5.91 Å². The maximum absolute atomic E-state index is 12.3. The lowest BCUT2D eigenvalue weighted by Gasteiger charge is -2.07. The number of nitrogens with one attached hydrogen (secondary N) is 1. The molecular formula is C16H13ClN2O. The van der Waals surface area contributed by atoms with Crippen molar-refractivity contribution in [2.24, 2.45) is 0 Å². The van der Waals surface area contributed by atoms with Crippen molar-refractivity contribution < 1.29 is 4.79 Å². The van der Waals surface area contributed by atoms with E-state index in [1.807, 2.05) is 41.8 Å². The number of anilines is 1. The molecule has 0 saturated heterocycles. The van der Waals surface area contributed by atoms with Gasteiger partial charge in [0.2, 0.25) is 0 Å². The highest BCUT2D eigenvalue weighted by Gasteiger charge is 2.11. The zero-order valence-electron chi connectivity index (χ0n) is 10.9. The fourth-order valence-electron chi connectivity index (χ4n) is 2.20. The molecule has 0 bridgehead atoms. The molecule has 0 aliphatic heterocycles. The van der Waals surface area contributed by atoms with Gasteiger partial charge < -0.3 is 9.72 Å². The molecule has 0 saturated carbocycles. The van der Waals surface area contributed by atoms with Crippen LogP contribution in [0.15, 0.2) is 54.7 Å². The van der Waals surface area contributed by atoms with Crippen molar-refractivity contribution in [3.8, 4) is 0 Å². The van der Waals surface area contributed by atoms with E-state index in [0.29, 0.717) is 10.6 Å². The Kier molecular flexibility index (Phi) is 3.20. The second kappa shape index (κ2) is 5.02. The summed E-state index contributed by atoms with van der Waals surface area (Å²) in [5.41, 5.74) is 2.66. The van der Waals surface area contributed by atoms with Crippen LogP contribution in [0.3, 0.4) is 0 Å². The molecule has 0 radical (unpaired) electrons. The molecule has 3 aromatic rings. The van der Waals surface area contributed by atoms with Crippen LogP contribution in [-0.4, -0.2) is 10.3 Å². The Morgan fingerprint density at radius 2 is 1.90 bits per heavy atom. The van der Waals surface area contributed by atoms with E-state index in [4.69, 9.17) is 11.6 Å². The zero-order chi connectivity index (χ0) is 14.1. The third kappa shape index (κ3) is 2.28. The molecule has 3 nitrogen and oxygen atoms in total. The van der Waals surface area contributed by atoms with Crippen molar-refractivity contribution in [3.05, 3.63) is 70.9 Å². The third-order valence-electron chi connectivity index (χ3n) is 3.21. The first-order valence-corrected chi connectivity index (χ1v) is 6.66. The first kappa shape index (κ1) is 12.8. The summed E-state index contributed by atoms with van der Waals surface area (Å²) in [5, 5.41) is 3.57. The SMILES string of the molecule is Cc1cc2ccccn2c1NC(=O)c1ccc(Cl)cc1. The maximum atomic E-state index is 12.3. The molecular weight excluding hydrogens is 272 g/mol. The van der Waals surface area contributed by atoms with E-state index in [-0.39, 0.29) is 5.91 Å². The van der Waals surface area contributed by atoms with E-state index in [0.717, 1.165) is 16.9 Å². The van der Waals surface area contributed by atoms with E-state index >= 15 is 0 Å². The van der Waals surface area contributed by atoms with Gasteiger partial charge in [-0.05, 0) is 55.0 Å². The van der Waals surface area contributed by atoms with Gasteiger partial charge in [0.15, 0.2) is 0 Å². The minimum atomic E-state index is -0.145. The molecule has 0 spiro atoms. The van der Waals surface area contributed by atoms with Crippen LogP contribution in [-0.2, 0) is 0 Å². The first-order valence-electron chi connectivity index (χ1n) is 6.29. The Bertz CT molecular complexity index is 775. The fraction of sp³-hybridized carbons (Fsp3) is 0.0625. The number of carbonyl (C=O) groups excluding carboxylic acids is 1. The summed E-state index contributed by atoms with van der Waals surface area (Å²) in [6.07, 6.45) is 1.93. The number of hydrogen-bond acceptors (Lipinski definition) is 1. The first-order chi connectivity index (χ1) is 9.65. The van der Waals surface area contributed by atoms with Crippen LogP contribution in [0, 0.1) is 6.92 Å². The van der Waals surface area contributed by atoms with Crippen LogP contribution in [0.5, 0.6) is 0 Å². The van der Waals surface area contributed by atoms with Gasteiger partial charge in [-0.25, -0.2) is 0 Å². The minimum Gasteiger partial charge on any atom is -0.307 e. The second-order valence-corrected chi connectivity index (χ2v) is 5.07. The molecule has 1 N–H and O–H groups in total. The van der Waals surface area contributed by atoms with E-state index in [9.17, 15) is 4.79 Å². The summed E-state index contributed by atoms with van der Waals surface area (Å²) in [6, 6.07) is 14.8. The van der Waals surface area contributed by atoms with Gasteiger partial charge in [-0.15, -0.1) is 0 Å². The molecule has 2 aromatic heterocycles. The topological polar surface area (TPSA) is 33.5 Å². The number of amides is 1. The molecule has 0 atom stereocenters. The molecule has 1 aromatic carbocycles. The average Bonchev–Trinajstić information content (AvgIpc) is 2.76. The number of fused-ring (bicyclic) bond motifs is 1. The highest BCUT2D eigenvalue weighted by Crippen LogP contribution is 2.21. The number of aryl methyl sites for hydroxylation is 1. The molecule has 100 valence electrons. The number of rotatable bonds is 2. The number of benzene rings is 1. The van der Waals surface area contributed by atoms with Crippen molar-refractivity contribution in [2.45, 2.75) is 6.92 Å². The van der Waals surface area contributed by atoms with Crippen LogP contribution in [0.4, 0.5) is 5.82 Å². The number of carbonyl (C=O) groups is 1. The highest BCUT2D eigenvalue weighted by molar-refractivity contribution is 6.30. The van der Waals surface area contributed by atoms with Crippen molar-refractivity contribution in [1.29, 1.82) is 0 Å². The lowest BCUT2D eigenvalue weighted by atomic mass is 10.2. The molecule has 0 unspecified atom stereocenters. The largest absolute Gasteiger partial charge is 0.307 e. The van der Waals surface area contributed by atoms with Gasteiger partial charge in [0, 0.05) is 22.3 Å². The summed E-state index contributed by atoms with van der Waals surface area (Å²) < 4.78 is 1.96. The van der Waals surface area contributed by atoms with Gasteiger partial charge >= 0.3 is 0 Å². The zero-order valence-corrected chi connectivity index (χ0v) is 11.7. The molecule has 0 aliphatic carbocycles. The monoisotopic (exact) mass is 284 g/mol. The lowest BCUT2D eigenvalue weighted by molar-refractivity contribution is 0.102. The van der Waals surface area contributed by atoms with E-state index < -0.39 is 0 Å². The minimum absolute atomic E-state index is 0.145. The van der Waals surface area contributed by atoms with Crippen LogP contribution >= 0.6 is 11.6 Å². The average molecular weight is 285 g/mol. The van der Waals surface area contributed by atoms with Crippen LogP contribution in [0.1, 0.15) is 15.9 Å². The number of hydrogen-bond donors (Lipinski definition) is 1. The van der Waals surface area contributed by atoms with E-state index in [1.54, 1.807) is 24.3 Å². The summed E-state index contributed by atoms with van der Waals surface area (Å²) in [4.78, 5) is 12.3. The van der Waals surface area contributed by atoms with E-state index in [1.165, 1.54) is 0 Å². The van der Waals surface area contributed by atoms with Gasteiger partial charge in [0.1, 0.15) is 5.82 Å². The summed E-state index contributed by atoms with van der Waals surface area (Å²) >= 11 is 5.83. The standard InChI is InChI=1S/C16H13ClN2O/c1-11-10-14-4-2-3-9-19(14)15(11)18-16(20)12-5-7-13(17)8-6-12/h2-10H,1H3,(H,18,20). The van der Waals surface area contributed by atoms with E-state index in [2.05, 4.69) is 5.32 Å². The Labute approximate surface area is 121 Å². The Hall–Kier alpha value is -2.26. The van der Waals surface area contributed by atoms with Crippen LogP contribution in [0.25, 0.3) is 5.52 Å². The Morgan fingerprint density at radius 1 is 1.15 bits per heavy atom. The predicted molar refractivity (Wildman–Crippen MR) is 81.5 cm³/mol. The quantitative estimate of drug-likeness (QED) is 0.753. The van der Waals surface area contributed by atoms with Gasteiger partial charge in [0.05, 0.1) is 0 Å². The summed E-state index contributed by atoms with van der Waals surface area (Å²) in [7, 11) is 0. The molecule has 0 fully saturated rings. The lowest BCUT2D eigenvalue weighted by Crippen LogP contribution is -2.13. The summed E-state index contributed by atoms with van der Waals surface area (Å²) in [6.45, 7) is 1.98. The fourth-order valence-corrected chi connectivity index (χ4v) is 2.32. The van der Waals surface area contributed by atoms with Gasteiger partial charge in [-0.1, -0.05) is 17.7 Å². The second-order valence-electron chi connectivity index (χ2n) is 4.63. The Balaban J connectivity index is 1.95. The third-order valence-corrected chi connectivity index (χ3v) is 3.46. The normalized spacial score (nSPS) is 10.7. The number of nitrogens with zero attached hydrogens (tertiary/aromatic N) is 1. The molecule has 0 aliphatic rings. The summed E-state index contributed by atoms with van der Waals surface area (Å²) in [5.74, 6) is 0.647. The van der Waals surface area contributed by atoms with Crippen molar-refractivity contribution in [1.82, 2.24) is 4.40 Å². The molecule has 1 amide bonds. The molecule has 4 heteroatoms.